The third-order valence-electron chi connectivity index (χ3n) is 4.66. The van der Waals surface area contributed by atoms with E-state index in [0.29, 0.717) is 18.7 Å². The molecule has 0 bridgehead atoms. The van der Waals surface area contributed by atoms with Crippen molar-refractivity contribution >= 4 is 5.91 Å². The number of hydrogen-bond acceptors (Lipinski definition) is 4. The highest BCUT2D eigenvalue weighted by Crippen LogP contribution is 2.30. The number of carbonyl (C=O) groups is 1. The maximum absolute atomic E-state index is 12.7. The van der Waals surface area contributed by atoms with Gasteiger partial charge in [0.25, 0.3) is 5.91 Å². The average molecular weight is 351 g/mol. The Morgan fingerprint density at radius 2 is 2.19 bits per heavy atom. The topological polar surface area (TPSA) is 95.7 Å². The van der Waals surface area contributed by atoms with Crippen molar-refractivity contribution < 1.29 is 9.53 Å². The van der Waals surface area contributed by atoms with E-state index < -0.39 is 0 Å². The Morgan fingerprint density at radius 1 is 1.35 bits per heavy atom. The third-order valence-corrected chi connectivity index (χ3v) is 4.66. The lowest BCUT2D eigenvalue weighted by Gasteiger charge is -2.25. The van der Waals surface area contributed by atoms with Gasteiger partial charge in [0.15, 0.2) is 5.69 Å². The first-order chi connectivity index (χ1) is 12.6. The van der Waals surface area contributed by atoms with Crippen LogP contribution in [0.1, 0.15) is 47.3 Å². The number of amides is 1. The number of ether oxygens (including phenoxy) is 1. The van der Waals surface area contributed by atoms with Crippen LogP contribution >= 0.6 is 0 Å². The Bertz CT molecular complexity index is 916. The van der Waals surface area contributed by atoms with Gasteiger partial charge in [-0.2, -0.15) is 5.10 Å². The molecule has 0 aliphatic carbocycles. The predicted octanol–water partition coefficient (Wildman–Crippen LogP) is 2.75. The van der Waals surface area contributed by atoms with E-state index in [0.717, 1.165) is 28.2 Å². The second-order valence-electron chi connectivity index (χ2n) is 6.54. The third kappa shape index (κ3) is 3.01. The molecule has 3 N–H and O–H groups in total. The lowest BCUT2D eigenvalue weighted by Crippen LogP contribution is -2.27. The molecule has 0 radical (unpaired) electrons. The number of aromatic amines is 2. The smallest absolute Gasteiger partial charge is 0.272 e. The predicted molar refractivity (Wildman–Crippen MR) is 96.4 cm³/mol. The van der Waals surface area contributed by atoms with Crippen LogP contribution in [0.3, 0.4) is 0 Å². The van der Waals surface area contributed by atoms with E-state index >= 15 is 0 Å². The highest BCUT2D eigenvalue weighted by molar-refractivity contribution is 5.94. The average Bonchev–Trinajstić information content (AvgIpc) is 3.29. The SMILES string of the molecule is C[C@@H]1Cc2c(C(=O)NCc3ccccc3-c3ncc[nH]3)n[nH]c2[C@H](C)O1. The molecule has 7 heteroatoms. The molecule has 2 atom stereocenters. The van der Waals surface area contributed by atoms with Crippen molar-refractivity contribution in [1.29, 1.82) is 0 Å². The van der Waals surface area contributed by atoms with Crippen molar-refractivity contribution in [3.05, 3.63) is 59.2 Å². The van der Waals surface area contributed by atoms with E-state index in [4.69, 9.17) is 4.74 Å². The summed E-state index contributed by atoms with van der Waals surface area (Å²) in [5.74, 6) is 0.602. The minimum Gasteiger partial charge on any atom is -0.369 e. The number of nitrogens with zero attached hydrogens (tertiary/aromatic N) is 2. The Kier molecular flexibility index (Phi) is 4.30. The maximum atomic E-state index is 12.7. The van der Waals surface area contributed by atoms with Gasteiger partial charge in [-0.05, 0) is 19.4 Å². The molecule has 1 aromatic carbocycles. The van der Waals surface area contributed by atoms with Gasteiger partial charge in [0.2, 0.25) is 0 Å². The number of aromatic nitrogens is 4. The van der Waals surface area contributed by atoms with E-state index in [-0.39, 0.29) is 18.1 Å². The molecular formula is C19H21N5O2. The molecule has 0 spiro atoms. The number of hydrogen-bond donors (Lipinski definition) is 3. The van der Waals surface area contributed by atoms with Crippen molar-refractivity contribution in [3.8, 4) is 11.4 Å². The summed E-state index contributed by atoms with van der Waals surface area (Å²) in [6.07, 6.45) is 4.17. The largest absolute Gasteiger partial charge is 0.369 e. The summed E-state index contributed by atoms with van der Waals surface area (Å²) < 4.78 is 5.78. The van der Waals surface area contributed by atoms with Gasteiger partial charge >= 0.3 is 0 Å². The first-order valence-electron chi connectivity index (χ1n) is 8.72. The van der Waals surface area contributed by atoms with Gasteiger partial charge in [-0.15, -0.1) is 0 Å². The van der Waals surface area contributed by atoms with Gasteiger partial charge in [0.1, 0.15) is 5.82 Å². The molecule has 3 aromatic rings. The van der Waals surface area contributed by atoms with Crippen molar-refractivity contribution in [2.75, 3.05) is 0 Å². The molecule has 26 heavy (non-hydrogen) atoms. The highest BCUT2D eigenvalue weighted by Gasteiger charge is 2.29. The summed E-state index contributed by atoms with van der Waals surface area (Å²) in [6, 6.07) is 7.87. The molecule has 0 unspecified atom stereocenters. The minimum atomic E-state index is -0.182. The number of rotatable bonds is 4. The van der Waals surface area contributed by atoms with Crippen LogP contribution in [0.25, 0.3) is 11.4 Å². The van der Waals surface area contributed by atoms with Gasteiger partial charge in [-0.1, -0.05) is 24.3 Å². The second-order valence-corrected chi connectivity index (χ2v) is 6.54. The van der Waals surface area contributed by atoms with Gasteiger partial charge in [0, 0.05) is 36.5 Å². The maximum Gasteiger partial charge on any atom is 0.272 e. The molecule has 134 valence electrons. The first kappa shape index (κ1) is 16.5. The Morgan fingerprint density at radius 3 is 3.00 bits per heavy atom. The molecule has 1 amide bonds. The van der Waals surface area contributed by atoms with Crippen molar-refractivity contribution in [2.45, 2.75) is 39.0 Å². The molecule has 1 aliphatic heterocycles. The van der Waals surface area contributed by atoms with Crippen LogP contribution in [0, 0.1) is 0 Å². The number of H-pyrrole nitrogens is 2. The van der Waals surface area contributed by atoms with Crippen molar-refractivity contribution in [2.24, 2.45) is 0 Å². The standard InChI is InChI=1S/C19H21N5O2/c1-11-9-15-16(12(2)26-11)23-24-17(15)19(25)22-10-13-5-3-4-6-14(13)18-20-7-8-21-18/h3-8,11-12H,9-10H2,1-2H3,(H,20,21)(H,22,25)(H,23,24)/t11-,12+/m1/s1. The fraction of sp³-hybridized carbons (Fsp3) is 0.316. The van der Waals surface area contributed by atoms with Crippen LogP contribution in [0.15, 0.2) is 36.7 Å². The monoisotopic (exact) mass is 351 g/mol. The van der Waals surface area contributed by atoms with Gasteiger partial charge in [-0.25, -0.2) is 4.98 Å². The lowest BCUT2D eigenvalue weighted by atomic mass is 9.99. The summed E-state index contributed by atoms with van der Waals surface area (Å²) in [4.78, 5) is 20.1. The Labute approximate surface area is 151 Å². The fourth-order valence-electron chi connectivity index (χ4n) is 3.44. The zero-order chi connectivity index (χ0) is 18.1. The van der Waals surface area contributed by atoms with E-state index in [2.05, 4.69) is 25.5 Å². The lowest BCUT2D eigenvalue weighted by molar-refractivity contribution is -0.00697. The van der Waals surface area contributed by atoms with Crippen LogP contribution in [0.5, 0.6) is 0 Å². The number of carbonyl (C=O) groups excluding carboxylic acids is 1. The van der Waals surface area contributed by atoms with Gasteiger partial charge in [-0.3, -0.25) is 9.89 Å². The minimum absolute atomic E-state index is 0.0707. The first-order valence-corrected chi connectivity index (χ1v) is 8.72. The van der Waals surface area contributed by atoms with Crippen LogP contribution < -0.4 is 5.32 Å². The fourth-order valence-corrected chi connectivity index (χ4v) is 3.44. The second kappa shape index (κ2) is 6.76. The van der Waals surface area contributed by atoms with Gasteiger partial charge in [0.05, 0.1) is 17.9 Å². The normalized spacial score (nSPS) is 19.2. The Hall–Kier alpha value is -2.93. The zero-order valence-electron chi connectivity index (χ0n) is 14.7. The molecule has 1 aliphatic rings. The van der Waals surface area contributed by atoms with Crippen LogP contribution in [0.4, 0.5) is 0 Å². The molecule has 2 aromatic heterocycles. The van der Waals surface area contributed by atoms with E-state index in [9.17, 15) is 4.79 Å². The number of nitrogens with one attached hydrogen (secondary N) is 3. The summed E-state index contributed by atoms with van der Waals surface area (Å²) in [5.41, 5.74) is 4.26. The van der Waals surface area contributed by atoms with Crippen LogP contribution in [0.2, 0.25) is 0 Å². The summed E-state index contributed by atoms with van der Waals surface area (Å²) >= 11 is 0. The van der Waals surface area contributed by atoms with E-state index in [1.807, 2.05) is 38.1 Å². The van der Waals surface area contributed by atoms with E-state index in [1.54, 1.807) is 12.4 Å². The van der Waals surface area contributed by atoms with Gasteiger partial charge < -0.3 is 15.0 Å². The van der Waals surface area contributed by atoms with Crippen molar-refractivity contribution in [3.63, 3.8) is 0 Å². The van der Waals surface area contributed by atoms with Crippen LogP contribution in [-0.2, 0) is 17.7 Å². The molecule has 4 rings (SSSR count). The molecule has 0 fully saturated rings. The van der Waals surface area contributed by atoms with Crippen LogP contribution in [-0.4, -0.2) is 32.2 Å². The summed E-state index contributed by atoms with van der Waals surface area (Å²) in [5, 5.41) is 10.2. The zero-order valence-corrected chi connectivity index (χ0v) is 14.7. The molecular weight excluding hydrogens is 330 g/mol. The summed E-state index contributed by atoms with van der Waals surface area (Å²) in [6.45, 7) is 4.38. The highest BCUT2D eigenvalue weighted by atomic mass is 16.5. The number of imidazole rings is 1. The number of benzene rings is 1. The van der Waals surface area contributed by atoms with E-state index in [1.165, 1.54) is 0 Å². The summed E-state index contributed by atoms with van der Waals surface area (Å²) in [7, 11) is 0. The number of fused-ring (bicyclic) bond motifs is 1. The van der Waals surface area contributed by atoms with Crippen molar-refractivity contribution in [1.82, 2.24) is 25.5 Å². The Balaban J connectivity index is 1.53. The molecule has 0 saturated carbocycles. The molecule has 3 heterocycles. The molecule has 0 saturated heterocycles. The molecule has 7 nitrogen and oxygen atoms in total. The quantitative estimate of drug-likeness (QED) is 0.673.